The van der Waals surface area contributed by atoms with E-state index in [0.29, 0.717) is 12.3 Å². The Morgan fingerprint density at radius 1 is 1.30 bits per heavy atom. The van der Waals surface area contributed by atoms with Crippen LogP contribution in [0.4, 0.5) is 5.95 Å². The molecular formula is C12H22N6O2. The van der Waals surface area contributed by atoms with Crippen molar-refractivity contribution in [1.29, 1.82) is 0 Å². The van der Waals surface area contributed by atoms with E-state index in [1.165, 1.54) is 0 Å². The van der Waals surface area contributed by atoms with Gasteiger partial charge in [-0.3, -0.25) is 14.9 Å². The standard InChI is InChI=1S/C12H22N6O2/c1-4-5-10(19)13-9(6-8(2)3)7-11(20)14-12-15-17-18-16-12/h8-9H,4-7H2,1-3H3,(H,13,19)(H2,14,15,16,17,18,20). The molecule has 20 heavy (non-hydrogen) atoms. The summed E-state index contributed by atoms with van der Waals surface area (Å²) < 4.78 is 0. The number of H-pyrrole nitrogens is 1. The molecule has 1 aromatic rings. The van der Waals surface area contributed by atoms with E-state index in [1.54, 1.807) is 0 Å². The first-order chi connectivity index (χ1) is 9.51. The molecule has 8 heteroatoms. The number of hydrogen-bond donors (Lipinski definition) is 3. The molecule has 1 aromatic heterocycles. The number of nitrogens with one attached hydrogen (secondary N) is 3. The monoisotopic (exact) mass is 282 g/mol. The van der Waals surface area contributed by atoms with Crippen LogP contribution in [0.15, 0.2) is 0 Å². The Balaban J connectivity index is 2.50. The van der Waals surface area contributed by atoms with Gasteiger partial charge in [0, 0.05) is 18.9 Å². The molecule has 0 radical (unpaired) electrons. The van der Waals surface area contributed by atoms with Crippen LogP contribution in [0, 0.1) is 5.92 Å². The number of aromatic nitrogens is 4. The van der Waals surface area contributed by atoms with Crippen LogP contribution in [0.1, 0.15) is 46.5 Å². The van der Waals surface area contributed by atoms with E-state index in [4.69, 9.17) is 0 Å². The molecule has 0 aliphatic heterocycles. The molecule has 0 saturated carbocycles. The number of tetrazole rings is 1. The largest absolute Gasteiger partial charge is 0.353 e. The van der Waals surface area contributed by atoms with Gasteiger partial charge >= 0.3 is 0 Å². The molecule has 0 bridgehead atoms. The summed E-state index contributed by atoms with van der Waals surface area (Å²) in [4.78, 5) is 23.5. The van der Waals surface area contributed by atoms with Gasteiger partial charge in [-0.1, -0.05) is 25.9 Å². The maximum absolute atomic E-state index is 11.9. The molecule has 2 amide bonds. The van der Waals surface area contributed by atoms with Gasteiger partial charge < -0.3 is 5.32 Å². The second-order valence-electron chi connectivity index (χ2n) is 5.13. The Morgan fingerprint density at radius 3 is 2.60 bits per heavy atom. The number of rotatable bonds is 8. The molecule has 0 fully saturated rings. The molecular weight excluding hydrogens is 260 g/mol. The third-order valence-electron chi connectivity index (χ3n) is 2.63. The molecule has 8 nitrogen and oxygen atoms in total. The first-order valence-corrected chi connectivity index (χ1v) is 6.84. The van der Waals surface area contributed by atoms with Crippen LogP contribution in [-0.4, -0.2) is 38.5 Å². The predicted octanol–water partition coefficient (Wildman–Crippen LogP) is 0.859. The number of aromatic amines is 1. The fourth-order valence-corrected chi connectivity index (χ4v) is 1.90. The molecule has 0 aromatic carbocycles. The van der Waals surface area contributed by atoms with Crippen molar-refractivity contribution >= 4 is 17.8 Å². The van der Waals surface area contributed by atoms with Gasteiger partial charge in [0.2, 0.25) is 11.8 Å². The van der Waals surface area contributed by atoms with Gasteiger partial charge in [0.05, 0.1) is 0 Å². The minimum Gasteiger partial charge on any atom is -0.353 e. The zero-order valence-corrected chi connectivity index (χ0v) is 12.1. The third kappa shape index (κ3) is 6.26. The van der Waals surface area contributed by atoms with Crippen LogP contribution in [0.2, 0.25) is 0 Å². The summed E-state index contributed by atoms with van der Waals surface area (Å²) >= 11 is 0. The minimum atomic E-state index is -0.242. The number of anilines is 1. The quantitative estimate of drug-likeness (QED) is 0.654. The Morgan fingerprint density at radius 2 is 2.05 bits per heavy atom. The molecule has 1 rings (SSSR count). The van der Waals surface area contributed by atoms with E-state index in [0.717, 1.165) is 12.8 Å². The Labute approximate surface area is 118 Å². The van der Waals surface area contributed by atoms with Crippen molar-refractivity contribution in [3.63, 3.8) is 0 Å². The van der Waals surface area contributed by atoms with Crippen molar-refractivity contribution in [2.24, 2.45) is 5.92 Å². The molecule has 0 aliphatic rings. The zero-order valence-electron chi connectivity index (χ0n) is 12.1. The Hall–Kier alpha value is -1.99. The topological polar surface area (TPSA) is 113 Å². The lowest BCUT2D eigenvalue weighted by Gasteiger charge is -2.19. The smallest absolute Gasteiger partial charge is 0.269 e. The minimum absolute atomic E-state index is 0.0227. The van der Waals surface area contributed by atoms with Crippen molar-refractivity contribution in [3.05, 3.63) is 0 Å². The van der Waals surface area contributed by atoms with E-state index < -0.39 is 0 Å². The number of amides is 2. The molecule has 1 heterocycles. The van der Waals surface area contributed by atoms with Gasteiger partial charge in [0.1, 0.15) is 0 Å². The van der Waals surface area contributed by atoms with Crippen molar-refractivity contribution < 1.29 is 9.59 Å². The molecule has 112 valence electrons. The van der Waals surface area contributed by atoms with Crippen LogP contribution in [0.5, 0.6) is 0 Å². The van der Waals surface area contributed by atoms with E-state index in [-0.39, 0.29) is 30.2 Å². The second kappa shape index (κ2) is 8.23. The lowest BCUT2D eigenvalue weighted by Crippen LogP contribution is -2.38. The molecule has 0 aliphatic carbocycles. The van der Waals surface area contributed by atoms with Crippen molar-refractivity contribution in [1.82, 2.24) is 25.9 Å². The Bertz CT molecular complexity index is 418. The summed E-state index contributed by atoms with van der Waals surface area (Å²) in [5, 5.41) is 18.3. The average Bonchev–Trinajstić information content (AvgIpc) is 2.80. The van der Waals surface area contributed by atoms with Crippen LogP contribution >= 0.6 is 0 Å². The summed E-state index contributed by atoms with van der Waals surface area (Å²) in [6.07, 6.45) is 2.20. The van der Waals surface area contributed by atoms with Crippen LogP contribution in [0.25, 0.3) is 0 Å². The zero-order chi connectivity index (χ0) is 15.0. The Kier molecular flexibility index (Phi) is 6.61. The van der Waals surface area contributed by atoms with Gasteiger partial charge in [-0.15, -0.1) is 5.10 Å². The summed E-state index contributed by atoms with van der Waals surface area (Å²) in [6.45, 7) is 6.05. The summed E-state index contributed by atoms with van der Waals surface area (Å²) in [6, 6.07) is -0.180. The summed E-state index contributed by atoms with van der Waals surface area (Å²) in [5.41, 5.74) is 0. The highest BCUT2D eigenvalue weighted by Gasteiger charge is 2.18. The second-order valence-corrected chi connectivity index (χ2v) is 5.13. The fourth-order valence-electron chi connectivity index (χ4n) is 1.90. The third-order valence-corrected chi connectivity index (χ3v) is 2.63. The van der Waals surface area contributed by atoms with Gasteiger partial charge in [0.25, 0.3) is 5.95 Å². The normalized spacial score (nSPS) is 12.2. The summed E-state index contributed by atoms with van der Waals surface area (Å²) in [5.74, 6) is 0.262. The number of hydrogen-bond acceptors (Lipinski definition) is 5. The van der Waals surface area contributed by atoms with Crippen LogP contribution < -0.4 is 10.6 Å². The highest BCUT2D eigenvalue weighted by Crippen LogP contribution is 2.09. The van der Waals surface area contributed by atoms with E-state index >= 15 is 0 Å². The highest BCUT2D eigenvalue weighted by molar-refractivity contribution is 5.89. The summed E-state index contributed by atoms with van der Waals surface area (Å²) in [7, 11) is 0. The van der Waals surface area contributed by atoms with Gasteiger partial charge in [-0.05, 0) is 24.0 Å². The SMILES string of the molecule is CCCC(=O)NC(CC(=O)Nc1nn[nH]n1)CC(C)C. The first-order valence-electron chi connectivity index (χ1n) is 6.84. The molecule has 0 saturated heterocycles. The highest BCUT2D eigenvalue weighted by atomic mass is 16.2. The van der Waals surface area contributed by atoms with E-state index in [9.17, 15) is 9.59 Å². The van der Waals surface area contributed by atoms with Crippen molar-refractivity contribution in [2.75, 3.05) is 5.32 Å². The van der Waals surface area contributed by atoms with Gasteiger partial charge in [-0.2, -0.15) is 5.21 Å². The van der Waals surface area contributed by atoms with E-state index in [2.05, 4.69) is 45.1 Å². The van der Waals surface area contributed by atoms with E-state index in [1.807, 2.05) is 6.92 Å². The predicted molar refractivity (Wildman–Crippen MR) is 73.7 cm³/mol. The molecule has 1 unspecified atom stereocenters. The maximum atomic E-state index is 11.9. The molecule has 3 N–H and O–H groups in total. The lowest BCUT2D eigenvalue weighted by atomic mass is 10.0. The van der Waals surface area contributed by atoms with Crippen LogP contribution in [-0.2, 0) is 9.59 Å². The maximum Gasteiger partial charge on any atom is 0.269 e. The first kappa shape index (κ1) is 16.1. The number of carbonyl (C=O) groups excluding carboxylic acids is 2. The lowest BCUT2D eigenvalue weighted by molar-refractivity contribution is -0.122. The van der Waals surface area contributed by atoms with Crippen molar-refractivity contribution in [2.45, 2.75) is 52.5 Å². The molecule has 0 spiro atoms. The average molecular weight is 282 g/mol. The fraction of sp³-hybridized carbons (Fsp3) is 0.750. The molecule has 1 atom stereocenters. The van der Waals surface area contributed by atoms with Gasteiger partial charge in [0.15, 0.2) is 0 Å². The van der Waals surface area contributed by atoms with Crippen LogP contribution in [0.3, 0.4) is 0 Å². The van der Waals surface area contributed by atoms with Crippen molar-refractivity contribution in [3.8, 4) is 0 Å². The number of carbonyl (C=O) groups is 2. The van der Waals surface area contributed by atoms with Gasteiger partial charge in [-0.25, -0.2) is 0 Å². The number of nitrogens with zero attached hydrogens (tertiary/aromatic N) is 3.